The third-order valence-corrected chi connectivity index (χ3v) is 11.2. The van der Waals surface area contributed by atoms with E-state index in [2.05, 4.69) is 22.1 Å². The monoisotopic (exact) mass is 687 g/mol. The van der Waals surface area contributed by atoms with Gasteiger partial charge in [0.1, 0.15) is 23.2 Å². The van der Waals surface area contributed by atoms with Crippen LogP contribution in [-0.2, 0) is 36.3 Å². The Morgan fingerprint density at radius 2 is 1.67 bits per heavy atom. The summed E-state index contributed by atoms with van der Waals surface area (Å²) in [5.41, 5.74) is 1.29. The van der Waals surface area contributed by atoms with Crippen LogP contribution in [0.5, 0.6) is 0 Å². The molecule has 0 spiro atoms. The molecule has 7 rings (SSSR count). The van der Waals surface area contributed by atoms with Crippen LogP contribution < -0.4 is 0 Å². The molecular formula is C34H39Cl2N3O6S. The van der Waals surface area contributed by atoms with Crippen LogP contribution in [-0.4, -0.2) is 71.5 Å². The molecule has 2 aromatic carbocycles. The Morgan fingerprint density at radius 3 is 2.28 bits per heavy atom. The molecule has 9 nitrogen and oxygen atoms in total. The van der Waals surface area contributed by atoms with Gasteiger partial charge in [0, 0.05) is 42.4 Å². The van der Waals surface area contributed by atoms with Crippen molar-refractivity contribution in [3.63, 3.8) is 0 Å². The Morgan fingerprint density at radius 1 is 0.978 bits per heavy atom. The summed E-state index contributed by atoms with van der Waals surface area (Å²) in [6.07, 6.45) is 13.4. The van der Waals surface area contributed by atoms with Gasteiger partial charge in [-0.15, -0.1) is 0 Å². The van der Waals surface area contributed by atoms with Crippen LogP contribution in [0.1, 0.15) is 62.6 Å². The van der Waals surface area contributed by atoms with Crippen molar-refractivity contribution in [2.24, 2.45) is 5.92 Å². The Bertz CT molecular complexity index is 1610. The minimum absolute atomic E-state index is 0.0385. The average Bonchev–Trinajstić information content (AvgIpc) is 3.31. The maximum atomic E-state index is 13.9. The van der Waals surface area contributed by atoms with E-state index in [0.29, 0.717) is 18.9 Å². The van der Waals surface area contributed by atoms with Gasteiger partial charge in [0.15, 0.2) is 11.9 Å². The molecule has 4 fully saturated rings. The molecular weight excluding hydrogens is 649 g/mol. The number of ether oxygens (including phenoxy) is 1. The second-order valence-electron chi connectivity index (χ2n) is 12.7. The molecule has 3 aliphatic heterocycles. The third kappa shape index (κ3) is 8.33. The number of Topliss-reactive ketones (excluding diaryl/α,β-unsaturated/α-hetero) is 1. The molecule has 1 saturated carbocycles. The van der Waals surface area contributed by atoms with Gasteiger partial charge in [-0.1, -0.05) is 79.2 Å². The topological polar surface area (TPSA) is 126 Å². The SMILES string of the molecule is O=C(Cc1cnccn1)C[N+]12CCC(CC1)[C@@H](OC(=O)C1(c3ccccc3)CCCCCC1)C2.O=S(=O)([O-])c1cc(Cl)ccc1Cl. The summed E-state index contributed by atoms with van der Waals surface area (Å²) in [4.78, 5) is 34.6. The number of fused-ring (bicyclic) bond motifs is 3. The molecule has 4 heterocycles. The van der Waals surface area contributed by atoms with Crippen LogP contribution in [0.15, 0.2) is 72.0 Å². The highest BCUT2D eigenvalue weighted by Gasteiger charge is 2.51. The van der Waals surface area contributed by atoms with Gasteiger partial charge in [-0.3, -0.25) is 19.6 Å². The number of aromatic nitrogens is 2. The normalized spacial score (nSPS) is 23.8. The predicted octanol–water partition coefficient (Wildman–Crippen LogP) is 5.93. The molecule has 1 aliphatic carbocycles. The smallest absolute Gasteiger partial charge is 0.317 e. The van der Waals surface area contributed by atoms with Gasteiger partial charge in [-0.25, -0.2) is 8.42 Å². The fraction of sp³-hybridized carbons (Fsp3) is 0.471. The number of rotatable bonds is 8. The fourth-order valence-corrected chi connectivity index (χ4v) is 8.47. The molecule has 1 aromatic heterocycles. The van der Waals surface area contributed by atoms with Gasteiger partial charge in [-0.05, 0) is 36.6 Å². The molecule has 0 unspecified atom stereocenters. The van der Waals surface area contributed by atoms with E-state index in [0.717, 1.165) is 80.0 Å². The molecule has 2 bridgehead atoms. The predicted molar refractivity (Wildman–Crippen MR) is 173 cm³/mol. The summed E-state index contributed by atoms with van der Waals surface area (Å²) in [6.45, 7) is 3.23. The first-order chi connectivity index (χ1) is 22.0. The molecule has 1 atom stereocenters. The van der Waals surface area contributed by atoms with Crippen molar-refractivity contribution >= 4 is 45.1 Å². The maximum absolute atomic E-state index is 13.9. The number of esters is 1. The zero-order chi connectivity index (χ0) is 32.8. The van der Waals surface area contributed by atoms with Crippen LogP contribution in [0.3, 0.4) is 0 Å². The lowest BCUT2D eigenvalue weighted by Crippen LogP contribution is -2.66. The summed E-state index contributed by atoms with van der Waals surface area (Å²) < 4.78 is 38.7. The van der Waals surface area contributed by atoms with Crippen LogP contribution in [0.4, 0.5) is 0 Å². The lowest BCUT2D eigenvalue weighted by atomic mass is 9.74. The highest BCUT2D eigenvalue weighted by Crippen LogP contribution is 2.42. The number of benzene rings is 2. The average molecular weight is 689 g/mol. The highest BCUT2D eigenvalue weighted by atomic mass is 35.5. The molecule has 0 N–H and O–H groups in total. The molecule has 12 heteroatoms. The van der Waals surface area contributed by atoms with E-state index in [-0.39, 0.29) is 27.9 Å². The van der Waals surface area contributed by atoms with Gasteiger partial charge in [0.25, 0.3) is 0 Å². The summed E-state index contributed by atoms with van der Waals surface area (Å²) in [5, 5.41) is 0.0447. The van der Waals surface area contributed by atoms with Gasteiger partial charge in [0.2, 0.25) is 0 Å². The minimum Gasteiger partial charge on any atom is -0.744 e. The summed E-state index contributed by atoms with van der Waals surface area (Å²) in [5.74, 6) is 0.566. The number of carbonyl (C=O) groups is 2. The molecule has 0 radical (unpaired) electrons. The van der Waals surface area contributed by atoms with E-state index < -0.39 is 20.4 Å². The van der Waals surface area contributed by atoms with Crippen molar-refractivity contribution in [2.75, 3.05) is 26.2 Å². The van der Waals surface area contributed by atoms with Crippen LogP contribution >= 0.6 is 23.2 Å². The van der Waals surface area contributed by atoms with Crippen molar-refractivity contribution in [3.8, 4) is 0 Å². The van der Waals surface area contributed by atoms with E-state index in [1.54, 1.807) is 18.6 Å². The quantitative estimate of drug-likeness (QED) is 0.123. The van der Waals surface area contributed by atoms with Gasteiger partial charge >= 0.3 is 5.97 Å². The summed E-state index contributed by atoms with van der Waals surface area (Å²) in [7, 11) is -4.52. The highest BCUT2D eigenvalue weighted by molar-refractivity contribution is 7.85. The number of hydrogen-bond donors (Lipinski definition) is 0. The van der Waals surface area contributed by atoms with Gasteiger partial charge < -0.3 is 13.8 Å². The van der Waals surface area contributed by atoms with E-state index in [1.807, 2.05) is 18.2 Å². The zero-order valence-corrected chi connectivity index (χ0v) is 28.0. The fourth-order valence-electron chi connectivity index (χ4n) is 7.25. The first-order valence-corrected chi connectivity index (χ1v) is 18.0. The summed E-state index contributed by atoms with van der Waals surface area (Å²) in [6, 6.07) is 14.0. The van der Waals surface area contributed by atoms with Crippen molar-refractivity contribution in [1.82, 2.24) is 9.97 Å². The van der Waals surface area contributed by atoms with Crippen molar-refractivity contribution in [2.45, 2.75) is 74.2 Å². The first-order valence-electron chi connectivity index (χ1n) is 15.8. The van der Waals surface area contributed by atoms with Crippen LogP contribution in [0.2, 0.25) is 10.0 Å². The Balaban J connectivity index is 0.000000293. The van der Waals surface area contributed by atoms with Gasteiger partial charge in [-0.2, -0.15) is 0 Å². The van der Waals surface area contributed by atoms with E-state index in [4.69, 9.17) is 27.9 Å². The largest absolute Gasteiger partial charge is 0.744 e. The van der Waals surface area contributed by atoms with Gasteiger partial charge in [0.05, 0.1) is 40.5 Å². The molecule has 3 aromatic rings. The molecule has 4 aliphatic rings. The van der Waals surface area contributed by atoms with Crippen molar-refractivity contribution < 1.29 is 31.8 Å². The first kappa shape index (κ1) is 34.4. The van der Waals surface area contributed by atoms with Crippen molar-refractivity contribution in [3.05, 3.63) is 88.4 Å². The molecule has 3 saturated heterocycles. The van der Waals surface area contributed by atoms with Crippen LogP contribution in [0.25, 0.3) is 0 Å². The third-order valence-electron chi connectivity index (χ3n) is 9.64. The number of quaternary nitrogens is 1. The Hall–Kier alpha value is -2.89. The standard InChI is InChI=1S/C28H36N3O3.C6H4Cl2O3S/c32-25(18-24-19-29-14-15-30-24)20-31-16-10-22(11-17-31)26(21-31)34-27(33)28(12-6-1-2-7-13-28)23-8-4-3-5-9-23;7-4-1-2-5(8)6(3-4)12(9,10)11/h3-5,8-9,14-15,19,22,26H,1-2,6-7,10-13,16-18,20-21H2;1-3H,(H,9,10,11)/q+1;/p-1/t22?,26-,31?;/m0./s1. The van der Waals surface area contributed by atoms with E-state index >= 15 is 0 Å². The Labute approximate surface area is 280 Å². The van der Waals surface area contributed by atoms with Crippen molar-refractivity contribution in [1.29, 1.82) is 0 Å². The molecule has 246 valence electrons. The second kappa shape index (κ2) is 14.9. The number of halogens is 2. The number of nitrogens with zero attached hydrogens (tertiary/aromatic N) is 3. The second-order valence-corrected chi connectivity index (χ2v) is 14.9. The number of ketones is 1. The lowest BCUT2D eigenvalue weighted by Gasteiger charge is -2.52. The number of piperidine rings is 3. The van der Waals surface area contributed by atoms with E-state index in [9.17, 15) is 22.6 Å². The lowest BCUT2D eigenvalue weighted by molar-refractivity contribution is -0.939. The van der Waals surface area contributed by atoms with Crippen LogP contribution in [0, 0.1) is 5.92 Å². The number of carbonyl (C=O) groups excluding carboxylic acids is 2. The molecule has 0 amide bonds. The minimum atomic E-state index is -4.52. The maximum Gasteiger partial charge on any atom is 0.317 e. The zero-order valence-electron chi connectivity index (χ0n) is 25.7. The summed E-state index contributed by atoms with van der Waals surface area (Å²) >= 11 is 10.9. The Kier molecular flexibility index (Phi) is 11.2. The number of hydrogen-bond acceptors (Lipinski definition) is 8. The molecule has 46 heavy (non-hydrogen) atoms. The van der Waals surface area contributed by atoms with E-state index in [1.165, 1.54) is 25.0 Å².